The zero-order valence-electron chi connectivity index (χ0n) is 18.2. The molecule has 4 rings (SSSR count). The van der Waals surface area contributed by atoms with Crippen LogP contribution in [-0.4, -0.2) is 30.3 Å². The van der Waals surface area contributed by atoms with Crippen LogP contribution in [0.5, 0.6) is 11.5 Å². The zero-order valence-corrected chi connectivity index (χ0v) is 19.0. The molecule has 0 saturated carbocycles. The van der Waals surface area contributed by atoms with Gasteiger partial charge in [-0.05, 0) is 55.3 Å². The fraction of sp³-hybridized carbons (Fsp3) is 0.292. The molecule has 5 nitrogen and oxygen atoms in total. The number of hydrogen-bond acceptors (Lipinski definition) is 5. The summed E-state index contributed by atoms with van der Waals surface area (Å²) in [5.41, 5.74) is 0.375. The maximum atomic E-state index is 13.1. The summed E-state index contributed by atoms with van der Waals surface area (Å²) >= 11 is 1.26. The Morgan fingerprint density at radius 3 is 2.33 bits per heavy atom. The van der Waals surface area contributed by atoms with E-state index >= 15 is 0 Å². The van der Waals surface area contributed by atoms with Crippen molar-refractivity contribution in [3.05, 3.63) is 64.5 Å². The molecule has 0 bridgehead atoms. The molecule has 9 heteroatoms. The van der Waals surface area contributed by atoms with Gasteiger partial charge in [0, 0.05) is 16.6 Å². The van der Waals surface area contributed by atoms with E-state index in [4.69, 9.17) is 9.47 Å². The van der Waals surface area contributed by atoms with Crippen molar-refractivity contribution in [1.82, 2.24) is 0 Å². The number of hydrogen-bond donors (Lipinski definition) is 1. The van der Waals surface area contributed by atoms with E-state index in [0.717, 1.165) is 22.6 Å². The number of amides is 1. The Kier molecular flexibility index (Phi) is 5.88. The van der Waals surface area contributed by atoms with Gasteiger partial charge in [0.2, 0.25) is 0 Å². The number of halogens is 3. The van der Waals surface area contributed by atoms with E-state index in [-0.39, 0.29) is 12.5 Å². The molecule has 0 unspecified atom stereocenters. The number of rotatable bonds is 6. The van der Waals surface area contributed by atoms with Gasteiger partial charge < -0.3 is 19.5 Å². The number of alkyl halides is 3. The van der Waals surface area contributed by atoms with E-state index in [1.165, 1.54) is 30.6 Å². The molecule has 33 heavy (non-hydrogen) atoms. The second-order valence-electron chi connectivity index (χ2n) is 8.37. The van der Waals surface area contributed by atoms with Crippen molar-refractivity contribution < 1.29 is 32.5 Å². The van der Waals surface area contributed by atoms with E-state index in [0.29, 0.717) is 34.2 Å². The fourth-order valence-corrected chi connectivity index (χ4v) is 4.59. The summed E-state index contributed by atoms with van der Waals surface area (Å²) in [5.74, 6) is 0.708. The van der Waals surface area contributed by atoms with Gasteiger partial charge in [0.1, 0.15) is 6.61 Å². The van der Waals surface area contributed by atoms with Crippen LogP contribution in [0.15, 0.2) is 48.5 Å². The summed E-state index contributed by atoms with van der Waals surface area (Å²) in [4.78, 5) is 16.0. The highest BCUT2D eigenvalue weighted by molar-refractivity contribution is 7.17. The van der Waals surface area contributed by atoms with Crippen LogP contribution >= 0.6 is 11.3 Å². The van der Waals surface area contributed by atoms with Crippen LogP contribution in [0.4, 0.5) is 18.9 Å². The molecule has 3 aromatic rings. The van der Waals surface area contributed by atoms with Gasteiger partial charge in [0.25, 0.3) is 5.91 Å². The number of benzene rings is 2. The van der Waals surface area contributed by atoms with Gasteiger partial charge in [-0.3, -0.25) is 4.79 Å². The number of anilines is 1. The van der Waals surface area contributed by atoms with Crippen LogP contribution in [0.2, 0.25) is 0 Å². The number of fused-ring (bicyclic) bond motifs is 1. The van der Waals surface area contributed by atoms with Gasteiger partial charge in [0.15, 0.2) is 11.5 Å². The van der Waals surface area contributed by atoms with Crippen molar-refractivity contribution in [2.75, 3.05) is 18.6 Å². The summed E-state index contributed by atoms with van der Waals surface area (Å²) < 4.78 is 49.4. The molecule has 0 saturated heterocycles. The Morgan fingerprint density at radius 1 is 1.06 bits per heavy atom. The topological polar surface area (TPSA) is 59.0 Å². The maximum Gasteiger partial charge on any atom is 0.416 e. The average Bonchev–Trinajstić information content (AvgIpc) is 3.30. The number of ether oxygens (including phenoxy) is 2. The van der Waals surface area contributed by atoms with Crippen molar-refractivity contribution in [3.8, 4) is 21.9 Å². The summed E-state index contributed by atoms with van der Waals surface area (Å²) in [6, 6.07) is 11.9. The minimum absolute atomic E-state index is 0.0787. The van der Waals surface area contributed by atoms with Gasteiger partial charge in [-0.15, -0.1) is 11.3 Å². The number of methoxy groups -OCH3 is 1. The van der Waals surface area contributed by atoms with Gasteiger partial charge >= 0.3 is 6.18 Å². The van der Waals surface area contributed by atoms with Crippen LogP contribution in [0.1, 0.15) is 34.6 Å². The minimum Gasteiger partial charge on any atom is -0.493 e. The number of thiophene rings is 1. The number of carbonyl (C=O) groups excluding carboxylic acids is 1. The molecular formula is C24H22F3NO4S. The van der Waals surface area contributed by atoms with Crippen LogP contribution in [0.25, 0.3) is 10.4 Å². The van der Waals surface area contributed by atoms with E-state index in [1.54, 1.807) is 36.9 Å². The van der Waals surface area contributed by atoms with Crippen molar-refractivity contribution in [2.24, 2.45) is 0 Å². The van der Waals surface area contributed by atoms with E-state index in [9.17, 15) is 23.1 Å². The molecule has 2 heterocycles. The van der Waals surface area contributed by atoms with E-state index in [1.807, 2.05) is 6.07 Å². The predicted molar refractivity (Wildman–Crippen MR) is 120 cm³/mol. The Hall–Kier alpha value is -3.04. The predicted octanol–water partition coefficient (Wildman–Crippen LogP) is 5.75. The molecule has 0 atom stereocenters. The number of carbonyl (C=O) groups is 1. The summed E-state index contributed by atoms with van der Waals surface area (Å²) in [6.45, 7) is 3.69. The molecule has 1 aliphatic heterocycles. The van der Waals surface area contributed by atoms with Crippen molar-refractivity contribution >= 4 is 22.9 Å². The Balaban J connectivity index is 1.53. The Labute approximate surface area is 193 Å². The SMILES string of the molecule is COc1cc(N2Cc3cc(-c4ccc(C(F)(F)F)cc4)sc3C2=O)ccc1OCC(C)(C)O. The van der Waals surface area contributed by atoms with Crippen LogP contribution in [-0.2, 0) is 12.7 Å². The first-order valence-electron chi connectivity index (χ1n) is 10.1. The van der Waals surface area contributed by atoms with Crippen LogP contribution in [0.3, 0.4) is 0 Å². The van der Waals surface area contributed by atoms with E-state index < -0.39 is 17.3 Å². The third-order valence-electron chi connectivity index (χ3n) is 5.11. The van der Waals surface area contributed by atoms with Crippen LogP contribution < -0.4 is 14.4 Å². The largest absolute Gasteiger partial charge is 0.493 e. The number of aliphatic hydroxyl groups is 1. The minimum atomic E-state index is -4.39. The third-order valence-corrected chi connectivity index (χ3v) is 6.33. The molecule has 0 fully saturated rings. The molecule has 174 valence electrons. The highest BCUT2D eigenvalue weighted by Crippen LogP contribution is 2.41. The quantitative estimate of drug-likeness (QED) is 0.491. The molecule has 0 radical (unpaired) electrons. The second kappa shape index (κ2) is 8.39. The molecule has 0 spiro atoms. The summed E-state index contributed by atoms with van der Waals surface area (Å²) in [7, 11) is 1.50. The molecule has 0 aliphatic carbocycles. The molecule has 2 aromatic carbocycles. The first-order valence-corrected chi connectivity index (χ1v) is 10.9. The zero-order chi connectivity index (χ0) is 24.0. The van der Waals surface area contributed by atoms with E-state index in [2.05, 4.69) is 0 Å². The third kappa shape index (κ3) is 4.84. The molecule has 1 aromatic heterocycles. The van der Waals surface area contributed by atoms with Crippen molar-refractivity contribution in [3.63, 3.8) is 0 Å². The lowest BCUT2D eigenvalue weighted by atomic mass is 10.1. The fourth-order valence-electron chi connectivity index (χ4n) is 3.46. The van der Waals surface area contributed by atoms with Crippen molar-refractivity contribution in [1.29, 1.82) is 0 Å². The first-order chi connectivity index (χ1) is 15.5. The maximum absolute atomic E-state index is 13.1. The van der Waals surface area contributed by atoms with Crippen LogP contribution in [0, 0.1) is 0 Å². The van der Waals surface area contributed by atoms with Gasteiger partial charge in [-0.25, -0.2) is 0 Å². The lowest BCUT2D eigenvalue weighted by molar-refractivity contribution is -0.137. The Morgan fingerprint density at radius 2 is 1.76 bits per heavy atom. The Bertz CT molecular complexity index is 1180. The molecule has 1 amide bonds. The highest BCUT2D eigenvalue weighted by atomic mass is 32.1. The molecular weight excluding hydrogens is 455 g/mol. The number of nitrogens with zero attached hydrogens (tertiary/aromatic N) is 1. The normalized spacial score (nSPS) is 13.9. The highest BCUT2D eigenvalue weighted by Gasteiger charge is 2.33. The molecule has 1 aliphatic rings. The average molecular weight is 478 g/mol. The first kappa shape index (κ1) is 23.1. The smallest absolute Gasteiger partial charge is 0.416 e. The van der Waals surface area contributed by atoms with Gasteiger partial charge in [-0.2, -0.15) is 13.2 Å². The monoisotopic (exact) mass is 477 g/mol. The lowest BCUT2D eigenvalue weighted by Crippen LogP contribution is -2.28. The standard InChI is InChI=1S/C24H22F3NO4S/c1-23(2,30)13-32-18-9-8-17(11-19(18)31-3)28-12-15-10-20(33-21(15)22(28)29)14-4-6-16(7-5-14)24(25,26)27/h4-11,30H,12-13H2,1-3H3. The summed E-state index contributed by atoms with van der Waals surface area (Å²) in [5, 5.41) is 9.87. The van der Waals surface area contributed by atoms with Crippen molar-refractivity contribution in [2.45, 2.75) is 32.2 Å². The molecule has 1 N–H and O–H groups in total. The lowest BCUT2D eigenvalue weighted by Gasteiger charge is -2.21. The second-order valence-corrected chi connectivity index (χ2v) is 9.42. The summed E-state index contributed by atoms with van der Waals surface area (Å²) in [6.07, 6.45) is -4.39. The van der Waals surface area contributed by atoms with Gasteiger partial charge in [-0.1, -0.05) is 12.1 Å². The van der Waals surface area contributed by atoms with Gasteiger partial charge in [0.05, 0.1) is 29.7 Å².